The minimum absolute atomic E-state index is 0.0235. The number of thiophene rings is 1. The van der Waals surface area contributed by atoms with Gasteiger partial charge in [-0.25, -0.2) is 13.2 Å². The molecule has 1 atom stereocenters. The third kappa shape index (κ3) is 3.34. The van der Waals surface area contributed by atoms with Gasteiger partial charge >= 0.3 is 5.97 Å². The molecular weight excluding hydrogens is 286 g/mol. The Labute approximate surface area is 117 Å². The molecule has 0 aliphatic carbocycles. The zero-order valence-corrected chi connectivity index (χ0v) is 13.3. The first kappa shape index (κ1) is 16.1. The molecule has 0 radical (unpaired) electrons. The number of sulfonamides is 1. The summed E-state index contributed by atoms with van der Waals surface area (Å²) >= 11 is 0.916. The van der Waals surface area contributed by atoms with Gasteiger partial charge in [0.1, 0.15) is 4.88 Å². The van der Waals surface area contributed by atoms with E-state index in [2.05, 4.69) is 0 Å². The van der Waals surface area contributed by atoms with Crippen LogP contribution in [0.4, 0.5) is 0 Å². The van der Waals surface area contributed by atoms with Gasteiger partial charge in [0.15, 0.2) is 0 Å². The van der Waals surface area contributed by atoms with E-state index in [1.807, 2.05) is 27.7 Å². The predicted molar refractivity (Wildman–Crippen MR) is 75.1 cm³/mol. The van der Waals surface area contributed by atoms with Crippen LogP contribution in [0, 0.1) is 5.41 Å². The third-order valence-corrected chi connectivity index (χ3v) is 6.24. The van der Waals surface area contributed by atoms with Gasteiger partial charge in [-0.05, 0) is 18.4 Å². The molecule has 0 aromatic carbocycles. The molecule has 0 amide bonds. The molecule has 0 aliphatic rings. The van der Waals surface area contributed by atoms with E-state index in [9.17, 15) is 13.2 Å². The maximum absolute atomic E-state index is 12.4. The van der Waals surface area contributed by atoms with Crippen molar-refractivity contribution in [2.24, 2.45) is 5.41 Å². The number of aromatic carboxylic acids is 1. The van der Waals surface area contributed by atoms with Crippen molar-refractivity contribution in [1.29, 1.82) is 0 Å². The fraction of sp³-hybridized carbons (Fsp3) is 0.583. The maximum atomic E-state index is 12.4. The van der Waals surface area contributed by atoms with Crippen LogP contribution in [-0.2, 0) is 10.0 Å². The van der Waals surface area contributed by atoms with Gasteiger partial charge in [0.2, 0.25) is 10.0 Å². The molecule has 1 heterocycles. The lowest BCUT2D eigenvalue weighted by molar-refractivity contribution is 0.0702. The van der Waals surface area contributed by atoms with Gasteiger partial charge in [-0.15, -0.1) is 11.3 Å². The molecule has 7 heteroatoms. The predicted octanol–water partition coefficient (Wildman–Crippen LogP) is 2.50. The molecule has 1 rings (SSSR count). The van der Waals surface area contributed by atoms with Gasteiger partial charge < -0.3 is 5.11 Å². The smallest absolute Gasteiger partial charge is 0.345 e. The molecule has 5 nitrogen and oxygen atoms in total. The summed E-state index contributed by atoms with van der Waals surface area (Å²) in [5.74, 6) is -1.11. The fourth-order valence-electron chi connectivity index (χ4n) is 1.49. The summed E-state index contributed by atoms with van der Waals surface area (Å²) in [6, 6.07) is 1.000. The minimum Gasteiger partial charge on any atom is -0.477 e. The highest BCUT2D eigenvalue weighted by Gasteiger charge is 2.33. The molecular formula is C12H19NO4S2. The largest absolute Gasteiger partial charge is 0.477 e. The van der Waals surface area contributed by atoms with Crippen LogP contribution in [-0.4, -0.2) is 36.9 Å². The van der Waals surface area contributed by atoms with E-state index in [1.165, 1.54) is 22.8 Å². The topological polar surface area (TPSA) is 74.7 Å². The highest BCUT2D eigenvalue weighted by molar-refractivity contribution is 7.89. The van der Waals surface area contributed by atoms with Crippen molar-refractivity contribution < 1.29 is 18.3 Å². The molecule has 1 unspecified atom stereocenters. The summed E-state index contributed by atoms with van der Waals surface area (Å²) in [5.41, 5.74) is -0.201. The molecule has 1 N–H and O–H groups in total. The van der Waals surface area contributed by atoms with Gasteiger partial charge in [0, 0.05) is 18.5 Å². The van der Waals surface area contributed by atoms with Crippen LogP contribution in [0.2, 0.25) is 0 Å². The molecule has 19 heavy (non-hydrogen) atoms. The standard InChI is InChI=1S/C12H19NO4S2/c1-8(12(2,3)4)13(5)19(16,17)9-6-10(11(14)15)18-7-9/h6-8H,1-5H3,(H,14,15). The monoisotopic (exact) mass is 305 g/mol. The zero-order chi connectivity index (χ0) is 15.0. The molecule has 0 bridgehead atoms. The first-order valence-corrected chi connectivity index (χ1v) is 8.09. The van der Waals surface area contributed by atoms with Crippen LogP contribution in [0.3, 0.4) is 0 Å². The Bertz CT molecular complexity index is 569. The summed E-state index contributed by atoms with van der Waals surface area (Å²) in [6.07, 6.45) is 0. The molecule has 0 spiro atoms. The minimum atomic E-state index is -3.65. The van der Waals surface area contributed by atoms with E-state index < -0.39 is 16.0 Å². The van der Waals surface area contributed by atoms with Crippen molar-refractivity contribution in [3.8, 4) is 0 Å². The first-order valence-electron chi connectivity index (χ1n) is 5.78. The third-order valence-electron chi connectivity index (χ3n) is 3.26. The Morgan fingerprint density at radius 1 is 1.42 bits per heavy atom. The van der Waals surface area contributed by atoms with E-state index in [0.717, 1.165) is 11.3 Å². The first-order chi connectivity index (χ1) is 8.48. The van der Waals surface area contributed by atoms with Crippen LogP contribution in [0.15, 0.2) is 16.3 Å². The van der Waals surface area contributed by atoms with Crippen molar-refractivity contribution in [3.05, 3.63) is 16.3 Å². The average Bonchev–Trinajstić information content (AvgIpc) is 2.75. The Balaban J connectivity index is 3.13. The van der Waals surface area contributed by atoms with E-state index in [0.29, 0.717) is 0 Å². The highest BCUT2D eigenvalue weighted by Crippen LogP contribution is 2.29. The van der Waals surface area contributed by atoms with E-state index in [4.69, 9.17) is 5.11 Å². The summed E-state index contributed by atoms with van der Waals surface area (Å²) in [7, 11) is -2.14. The Kier molecular flexibility index (Phi) is 4.44. The van der Waals surface area contributed by atoms with Crippen LogP contribution in [0.5, 0.6) is 0 Å². The SMILES string of the molecule is CC(N(C)S(=O)(=O)c1csc(C(=O)O)c1)C(C)(C)C. The van der Waals surface area contributed by atoms with Crippen molar-refractivity contribution >= 4 is 27.3 Å². The van der Waals surface area contributed by atoms with E-state index >= 15 is 0 Å². The Morgan fingerprint density at radius 2 is 1.95 bits per heavy atom. The van der Waals surface area contributed by atoms with Gasteiger partial charge in [-0.3, -0.25) is 0 Å². The summed E-state index contributed by atoms with van der Waals surface area (Å²) in [6.45, 7) is 7.71. The number of carboxylic acids is 1. The van der Waals surface area contributed by atoms with E-state index in [-0.39, 0.29) is 21.2 Å². The van der Waals surface area contributed by atoms with E-state index in [1.54, 1.807) is 0 Å². The molecule has 1 aromatic rings. The van der Waals surface area contributed by atoms with Crippen molar-refractivity contribution in [2.45, 2.75) is 38.6 Å². The van der Waals surface area contributed by atoms with Crippen molar-refractivity contribution in [2.75, 3.05) is 7.05 Å². The van der Waals surface area contributed by atoms with Crippen LogP contribution < -0.4 is 0 Å². The number of carbonyl (C=O) groups is 1. The lowest BCUT2D eigenvalue weighted by Gasteiger charge is -2.34. The van der Waals surface area contributed by atoms with Crippen LogP contribution in [0.25, 0.3) is 0 Å². The molecule has 0 fully saturated rings. The van der Waals surface area contributed by atoms with Crippen molar-refractivity contribution in [1.82, 2.24) is 4.31 Å². The lowest BCUT2D eigenvalue weighted by atomic mass is 9.88. The van der Waals surface area contributed by atoms with Gasteiger partial charge in [0.05, 0.1) is 4.90 Å². The molecule has 0 aliphatic heterocycles. The van der Waals surface area contributed by atoms with Gasteiger partial charge in [0.25, 0.3) is 0 Å². The molecule has 1 aromatic heterocycles. The normalized spacial score (nSPS) is 14.6. The van der Waals surface area contributed by atoms with Gasteiger partial charge in [-0.2, -0.15) is 4.31 Å². The average molecular weight is 305 g/mol. The number of hydrogen-bond donors (Lipinski definition) is 1. The number of rotatable bonds is 4. The molecule has 0 saturated carbocycles. The van der Waals surface area contributed by atoms with Crippen LogP contribution in [0.1, 0.15) is 37.4 Å². The fourth-order valence-corrected chi connectivity index (χ4v) is 4.13. The molecule has 0 saturated heterocycles. The van der Waals surface area contributed by atoms with Gasteiger partial charge in [-0.1, -0.05) is 20.8 Å². The zero-order valence-electron chi connectivity index (χ0n) is 11.7. The highest BCUT2D eigenvalue weighted by atomic mass is 32.2. The van der Waals surface area contributed by atoms with Crippen molar-refractivity contribution in [3.63, 3.8) is 0 Å². The number of nitrogens with zero attached hydrogens (tertiary/aromatic N) is 1. The molecule has 108 valence electrons. The van der Waals surface area contributed by atoms with Crippen LogP contribution >= 0.6 is 11.3 Å². The number of carboxylic acid groups (broad SMARTS) is 1. The number of hydrogen-bond acceptors (Lipinski definition) is 4. The Hall–Kier alpha value is -0.920. The maximum Gasteiger partial charge on any atom is 0.345 e. The lowest BCUT2D eigenvalue weighted by Crippen LogP contribution is -2.42. The second-order valence-electron chi connectivity index (χ2n) is 5.52. The quantitative estimate of drug-likeness (QED) is 0.927. The summed E-state index contributed by atoms with van der Waals surface area (Å²) in [5, 5.41) is 10.2. The second-order valence-corrected chi connectivity index (χ2v) is 8.42. The summed E-state index contributed by atoms with van der Waals surface area (Å²) < 4.78 is 26.1. The Morgan fingerprint density at radius 3 is 2.32 bits per heavy atom. The second kappa shape index (κ2) is 5.22. The summed E-state index contributed by atoms with van der Waals surface area (Å²) in [4.78, 5) is 10.9.